The highest BCUT2D eigenvalue weighted by Gasteiger charge is 2.24. The topological polar surface area (TPSA) is 96.8 Å². The van der Waals surface area contributed by atoms with Gasteiger partial charge in [0.05, 0.1) is 11.4 Å². The minimum atomic E-state index is -0.931. The molecule has 2 N–H and O–H groups in total. The Morgan fingerprint density at radius 1 is 1.30 bits per heavy atom. The van der Waals surface area contributed by atoms with Crippen molar-refractivity contribution >= 4 is 11.8 Å². The molecule has 27 heavy (non-hydrogen) atoms. The Hall–Kier alpha value is -2.71. The molecule has 0 atom stereocenters. The smallest absolute Gasteiger partial charge is 0.411 e. The van der Waals surface area contributed by atoms with Crippen LogP contribution in [0.2, 0.25) is 0 Å². The highest BCUT2D eigenvalue weighted by Crippen LogP contribution is 2.32. The first-order valence-electron chi connectivity index (χ1n) is 9.12. The maximum atomic E-state index is 11.2. The van der Waals surface area contributed by atoms with Crippen LogP contribution in [0.4, 0.5) is 10.5 Å². The Morgan fingerprint density at radius 2 is 2.15 bits per heavy atom. The predicted molar refractivity (Wildman–Crippen MR) is 98.3 cm³/mol. The van der Waals surface area contributed by atoms with E-state index < -0.39 is 6.09 Å². The van der Waals surface area contributed by atoms with Gasteiger partial charge in [0.15, 0.2) is 0 Å². The summed E-state index contributed by atoms with van der Waals surface area (Å²) in [5, 5.41) is 12.7. The van der Waals surface area contributed by atoms with E-state index in [2.05, 4.69) is 15.3 Å². The van der Waals surface area contributed by atoms with E-state index >= 15 is 0 Å². The molecular formula is C19H22N4O4. The van der Waals surface area contributed by atoms with Crippen molar-refractivity contribution in [1.82, 2.24) is 15.3 Å². The number of nitrogens with one attached hydrogen (secondary N) is 1. The highest BCUT2D eigenvalue weighted by molar-refractivity contribution is 5.89. The number of aromatic nitrogens is 2. The first kappa shape index (κ1) is 17.7. The van der Waals surface area contributed by atoms with Gasteiger partial charge in [-0.25, -0.2) is 14.8 Å². The van der Waals surface area contributed by atoms with E-state index in [0.29, 0.717) is 37.2 Å². The molecule has 4 rings (SSSR count). The van der Waals surface area contributed by atoms with E-state index in [4.69, 9.17) is 9.47 Å². The maximum Gasteiger partial charge on any atom is 0.411 e. The number of fused-ring (bicyclic) bond motifs is 1. The lowest BCUT2D eigenvalue weighted by atomic mass is 10.1. The quantitative estimate of drug-likeness (QED) is 0.835. The molecule has 0 saturated carbocycles. The molecule has 0 spiro atoms. The number of hydrogen-bond donors (Lipinski definition) is 2. The fourth-order valence-electron chi connectivity index (χ4n) is 3.44. The third kappa shape index (κ3) is 4.17. The molecule has 3 heterocycles. The SMILES string of the molecule is O=C(O)N1CCc2cc(Oc3cc(CNC4CCOCC4)ncn3)ccc21. The van der Waals surface area contributed by atoms with E-state index in [1.54, 1.807) is 12.1 Å². The van der Waals surface area contributed by atoms with Gasteiger partial charge in [-0.15, -0.1) is 0 Å². The van der Waals surface area contributed by atoms with E-state index in [0.717, 1.165) is 43.0 Å². The summed E-state index contributed by atoms with van der Waals surface area (Å²) < 4.78 is 11.2. The van der Waals surface area contributed by atoms with E-state index in [1.165, 1.54) is 11.2 Å². The third-order valence-electron chi connectivity index (χ3n) is 4.89. The number of rotatable bonds is 5. The summed E-state index contributed by atoms with van der Waals surface area (Å²) in [6, 6.07) is 7.69. The van der Waals surface area contributed by atoms with Gasteiger partial charge in [-0.05, 0) is 43.0 Å². The van der Waals surface area contributed by atoms with E-state index in [1.807, 2.05) is 12.1 Å². The second-order valence-corrected chi connectivity index (χ2v) is 6.69. The van der Waals surface area contributed by atoms with Gasteiger partial charge in [-0.2, -0.15) is 0 Å². The van der Waals surface area contributed by atoms with Crippen LogP contribution in [0.5, 0.6) is 11.6 Å². The molecule has 1 amide bonds. The summed E-state index contributed by atoms with van der Waals surface area (Å²) in [5.41, 5.74) is 2.55. The minimum absolute atomic E-state index is 0.451. The molecule has 0 unspecified atom stereocenters. The molecule has 2 aliphatic heterocycles. The number of amides is 1. The summed E-state index contributed by atoms with van der Waals surface area (Å²) in [6.07, 6.45) is 3.27. The molecule has 1 saturated heterocycles. The van der Waals surface area contributed by atoms with Crippen molar-refractivity contribution in [2.24, 2.45) is 0 Å². The average Bonchev–Trinajstić information content (AvgIpc) is 3.11. The van der Waals surface area contributed by atoms with Crippen molar-refractivity contribution in [2.75, 3.05) is 24.7 Å². The van der Waals surface area contributed by atoms with Gasteiger partial charge in [0.1, 0.15) is 12.1 Å². The number of anilines is 1. The molecule has 2 aliphatic rings. The average molecular weight is 370 g/mol. The number of hydrogen-bond acceptors (Lipinski definition) is 6. The molecule has 1 fully saturated rings. The number of carboxylic acid groups (broad SMARTS) is 1. The van der Waals surface area contributed by atoms with Crippen molar-refractivity contribution in [1.29, 1.82) is 0 Å². The lowest BCUT2D eigenvalue weighted by Crippen LogP contribution is -2.34. The van der Waals surface area contributed by atoms with Gasteiger partial charge >= 0.3 is 6.09 Å². The zero-order chi connectivity index (χ0) is 18.6. The summed E-state index contributed by atoms with van der Waals surface area (Å²) in [6.45, 7) is 2.73. The summed E-state index contributed by atoms with van der Waals surface area (Å²) >= 11 is 0. The van der Waals surface area contributed by atoms with Crippen molar-refractivity contribution in [3.8, 4) is 11.6 Å². The summed E-state index contributed by atoms with van der Waals surface area (Å²) in [4.78, 5) is 21.0. The first-order chi connectivity index (χ1) is 13.2. The Morgan fingerprint density at radius 3 is 2.96 bits per heavy atom. The molecule has 2 aromatic rings. The van der Waals surface area contributed by atoms with Crippen LogP contribution in [0, 0.1) is 0 Å². The van der Waals surface area contributed by atoms with Gasteiger partial charge in [0, 0.05) is 38.4 Å². The predicted octanol–water partition coefficient (Wildman–Crippen LogP) is 2.58. The highest BCUT2D eigenvalue weighted by atomic mass is 16.5. The largest absolute Gasteiger partial charge is 0.465 e. The van der Waals surface area contributed by atoms with E-state index in [9.17, 15) is 9.90 Å². The van der Waals surface area contributed by atoms with E-state index in [-0.39, 0.29) is 0 Å². The van der Waals surface area contributed by atoms with Gasteiger partial charge in [0.25, 0.3) is 0 Å². The normalized spacial score (nSPS) is 17.0. The summed E-state index contributed by atoms with van der Waals surface area (Å²) in [5.74, 6) is 1.12. The van der Waals surface area contributed by atoms with Crippen LogP contribution in [0.1, 0.15) is 24.1 Å². The summed E-state index contributed by atoms with van der Waals surface area (Å²) in [7, 11) is 0. The van der Waals surface area contributed by atoms with Crippen LogP contribution >= 0.6 is 0 Å². The number of nitrogens with zero attached hydrogens (tertiary/aromatic N) is 3. The second-order valence-electron chi connectivity index (χ2n) is 6.69. The van der Waals surface area contributed by atoms with Crippen LogP contribution < -0.4 is 15.0 Å². The molecule has 142 valence electrons. The van der Waals surface area contributed by atoms with Gasteiger partial charge in [-0.3, -0.25) is 4.90 Å². The minimum Gasteiger partial charge on any atom is -0.465 e. The maximum absolute atomic E-state index is 11.2. The van der Waals surface area contributed by atoms with Gasteiger partial charge in [0.2, 0.25) is 5.88 Å². The third-order valence-corrected chi connectivity index (χ3v) is 4.89. The molecule has 8 heteroatoms. The van der Waals surface area contributed by atoms with Gasteiger partial charge < -0.3 is 19.9 Å². The second kappa shape index (κ2) is 7.89. The zero-order valence-corrected chi connectivity index (χ0v) is 14.9. The Labute approximate surface area is 157 Å². The fraction of sp³-hybridized carbons (Fsp3) is 0.421. The Balaban J connectivity index is 1.40. The Bertz CT molecular complexity index is 823. The van der Waals surface area contributed by atoms with Crippen LogP contribution in [0.3, 0.4) is 0 Å². The lowest BCUT2D eigenvalue weighted by Gasteiger charge is -2.23. The van der Waals surface area contributed by atoms with Crippen molar-refractivity contribution < 1.29 is 19.4 Å². The molecule has 8 nitrogen and oxygen atoms in total. The molecule has 0 radical (unpaired) electrons. The monoisotopic (exact) mass is 370 g/mol. The number of ether oxygens (including phenoxy) is 2. The molecule has 0 aliphatic carbocycles. The fourth-order valence-corrected chi connectivity index (χ4v) is 3.44. The molecule has 0 bridgehead atoms. The van der Waals surface area contributed by atoms with Crippen molar-refractivity contribution in [2.45, 2.75) is 31.8 Å². The molecule has 1 aromatic carbocycles. The van der Waals surface area contributed by atoms with Crippen molar-refractivity contribution in [3.63, 3.8) is 0 Å². The lowest BCUT2D eigenvalue weighted by molar-refractivity contribution is 0.0775. The molecular weight excluding hydrogens is 348 g/mol. The van der Waals surface area contributed by atoms with Crippen LogP contribution in [-0.4, -0.2) is 47.0 Å². The number of benzene rings is 1. The number of carbonyl (C=O) groups is 1. The zero-order valence-electron chi connectivity index (χ0n) is 14.9. The van der Waals surface area contributed by atoms with Crippen LogP contribution in [0.25, 0.3) is 0 Å². The van der Waals surface area contributed by atoms with Crippen molar-refractivity contribution in [3.05, 3.63) is 41.9 Å². The first-order valence-corrected chi connectivity index (χ1v) is 9.12. The Kier molecular flexibility index (Phi) is 5.17. The standard InChI is InChI=1S/C19H22N4O4/c24-19(25)23-6-3-13-9-16(1-2-17(13)23)27-18-10-15(21-12-22-18)11-20-14-4-7-26-8-5-14/h1-2,9-10,12,14,20H,3-8,11H2,(H,24,25). The molecule has 1 aromatic heterocycles. The van der Waals surface area contributed by atoms with Crippen LogP contribution in [-0.2, 0) is 17.7 Å². The van der Waals surface area contributed by atoms with Crippen LogP contribution in [0.15, 0.2) is 30.6 Å². The van der Waals surface area contributed by atoms with Gasteiger partial charge in [-0.1, -0.05) is 0 Å².